The summed E-state index contributed by atoms with van der Waals surface area (Å²) in [5.74, 6) is -0.673. The lowest BCUT2D eigenvalue weighted by atomic mass is 9.73. The van der Waals surface area contributed by atoms with E-state index >= 15 is 0 Å². The van der Waals surface area contributed by atoms with Crippen molar-refractivity contribution in [2.45, 2.75) is 25.2 Å². The molecule has 2 fully saturated rings. The summed E-state index contributed by atoms with van der Waals surface area (Å²) < 4.78 is 5.29. The Morgan fingerprint density at radius 1 is 0.943 bits per heavy atom. The number of rotatable bonds is 5. The maximum Gasteiger partial charge on any atom is 0.255 e. The first-order valence-corrected chi connectivity index (χ1v) is 12.0. The van der Waals surface area contributed by atoms with Gasteiger partial charge in [-0.3, -0.25) is 19.3 Å². The number of hydrogen-bond acceptors (Lipinski definition) is 4. The molecule has 3 unspecified atom stereocenters. The number of carbonyl (C=O) groups is 3. The molecule has 0 spiro atoms. The number of amides is 3. The number of hydrogen-bond donors (Lipinski definition) is 1. The molecule has 178 valence electrons. The van der Waals surface area contributed by atoms with Gasteiger partial charge in [-0.05, 0) is 67.1 Å². The molecule has 1 aliphatic heterocycles. The van der Waals surface area contributed by atoms with Crippen molar-refractivity contribution in [3.8, 4) is 5.75 Å². The van der Waals surface area contributed by atoms with E-state index in [2.05, 4.69) is 17.4 Å². The quantitative estimate of drug-likeness (QED) is 0.469. The monoisotopic (exact) mass is 488 g/mol. The summed E-state index contributed by atoms with van der Waals surface area (Å²) in [5, 5.41) is 3.25. The summed E-state index contributed by atoms with van der Waals surface area (Å²) in [6.07, 6.45) is 2.21. The van der Waals surface area contributed by atoms with Crippen molar-refractivity contribution in [2.75, 3.05) is 17.3 Å². The van der Waals surface area contributed by atoms with Crippen molar-refractivity contribution in [1.82, 2.24) is 0 Å². The van der Waals surface area contributed by atoms with E-state index in [4.69, 9.17) is 16.3 Å². The van der Waals surface area contributed by atoms with Gasteiger partial charge in [-0.15, -0.1) is 0 Å². The van der Waals surface area contributed by atoms with Gasteiger partial charge >= 0.3 is 0 Å². The fourth-order valence-electron chi connectivity index (χ4n) is 5.22. The second kappa shape index (κ2) is 9.55. The Hall–Kier alpha value is -3.64. The number of anilines is 2. The Labute approximate surface area is 208 Å². The zero-order chi connectivity index (χ0) is 24.5. The maximum atomic E-state index is 13.4. The molecule has 1 N–H and O–H groups in total. The first-order valence-electron chi connectivity index (χ1n) is 11.6. The van der Waals surface area contributed by atoms with Gasteiger partial charge in [0.15, 0.2) is 0 Å². The summed E-state index contributed by atoms with van der Waals surface area (Å²) in [7, 11) is 1.51. The standard InChI is InChI=1S/C28H25ClN2O4/c1-35-25-13-11-20(29)16-24(25)30-26(32)19-8-5-9-21(14-19)31-27(33)22-12-10-18(15-23(22)28(31)34)17-6-3-2-4-7-17/h2-9,11,13-14,16,18,22-23H,10,12,15H2,1H3,(H,30,32). The highest BCUT2D eigenvalue weighted by molar-refractivity contribution is 6.31. The molecule has 3 atom stereocenters. The van der Waals surface area contributed by atoms with E-state index in [1.807, 2.05) is 18.2 Å². The summed E-state index contributed by atoms with van der Waals surface area (Å²) in [6.45, 7) is 0. The third kappa shape index (κ3) is 4.42. The van der Waals surface area contributed by atoms with Crippen LogP contribution in [0.2, 0.25) is 5.02 Å². The summed E-state index contributed by atoms with van der Waals surface area (Å²) >= 11 is 6.07. The number of methoxy groups -OCH3 is 1. The Morgan fingerprint density at radius 3 is 2.49 bits per heavy atom. The number of carbonyl (C=O) groups excluding carboxylic acids is 3. The van der Waals surface area contributed by atoms with E-state index < -0.39 is 5.91 Å². The molecule has 1 heterocycles. The van der Waals surface area contributed by atoms with Gasteiger partial charge in [0.25, 0.3) is 5.91 Å². The lowest BCUT2D eigenvalue weighted by Crippen LogP contribution is -2.31. The zero-order valence-corrected chi connectivity index (χ0v) is 20.0. The highest BCUT2D eigenvalue weighted by Gasteiger charge is 2.50. The predicted molar refractivity (Wildman–Crippen MR) is 135 cm³/mol. The highest BCUT2D eigenvalue weighted by atomic mass is 35.5. The second-order valence-electron chi connectivity index (χ2n) is 8.99. The van der Waals surface area contributed by atoms with Gasteiger partial charge in [0.2, 0.25) is 11.8 Å². The first kappa shape index (κ1) is 23.1. The Kier molecular flexibility index (Phi) is 6.31. The molecule has 3 aromatic carbocycles. The van der Waals surface area contributed by atoms with Crippen molar-refractivity contribution < 1.29 is 19.1 Å². The van der Waals surface area contributed by atoms with Crippen LogP contribution in [0.1, 0.15) is 41.1 Å². The van der Waals surface area contributed by atoms with Gasteiger partial charge in [0.1, 0.15) is 5.75 Å². The fourth-order valence-corrected chi connectivity index (χ4v) is 5.39. The number of nitrogens with zero attached hydrogens (tertiary/aromatic N) is 1. The molecule has 2 aliphatic rings. The predicted octanol–water partition coefficient (Wildman–Crippen LogP) is 5.67. The number of benzene rings is 3. The van der Waals surface area contributed by atoms with Crippen LogP contribution in [0.15, 0.2) is 72.8 Å². The van der Waals surface area contributed by atoms with E-state index in [1.165, 1.54) is 17.6 Å². The Bertz CT molecular complexity index is 1290. The average molecular weight is 489 g/mol. The molecular weight excluding hydrogens is 464 g/mol. The van der Waals surface area contributed by atoms with Gasteiger partial charge < -0.3 is 10.1 Å². The van der Waals surface area contributed by atoms with Crippen molar-refractivity contribution >= 4 is 40.7 Å². The van der Waals surface area contributed by atoms with Crippen molar-refractivity contribution in [3.63, 3.8) is 0 Å². The van der Waals surface area contributed by atoms with Crippen molar-refractivity contribution in [3.05, 3.63) is 88.9 Å². The largest absolute Gasteiger partial charge is 0.495 e. The third-order valence-corrected chi connectivity index (χ3v) is 7.21. The molecule has 5 rings (SSSR count). The van der Waals surface area contributed by atoms with Gasteiger partial charge in [-0.2, -0.15) is 0 Å². The van der Waals surface area contributed by atoms with E-state index in [0.29, 0.717) is 40.6 Å². The molecule has 0 bridgehead atoms. The SMILES string of the molecule is COc1ccc(Cl)cc1NC(=O)c1cccc(N2C(=O)C3CCC(c4ccccc4)CC3C2=O)c1. The molecule has 6 nitrogen and oxygen atoms in total. The van der Waals surface area contributed by atoms with Crippen LogP contribution < -0.4 is 15.0 Å². The molecule has 0 radical (unpaired) electrons. The first-order chi connectivity index (χ1) is 17.0. The van der Waals surface area contributed by atoms with Crippen LogP contribution in [0.5, 0.6) is 5.75 Å². The van der Waals surface area contributed by atoms with Crippen LogP contribution in [0, 0.1) is 11.8 Å². The summed E-state index contributed by atoms with van der Waals surface area (Å²) in [4.78, 5) is 40.9. The molecule has 0 aromatic heterocycles. The Balaban J connectivity index is 1.37. The number of nitrogens with one attached hydrogen (secondary N) is 1. The normalized spacial score (nSPS) is 21.5. The second-order valence-corrected chi connectivity index (χ2v) is 9.43. The van der Waals surface area contributed by atoms with Crippen molar-refractivity contribution in [2.24, 2.45) is 11.8 Å². The number of imide groups is 1. The van der Waals surface area contributed by atoms with E-state index in [0.717, 1.165) is 6.42 Å². The summed E-state index contributed by atoms with van der Waals surface area (Å²) in [5.41, 5.74) is 2.37. The van der Waals surface area contributed by atoms with Gasteiger partial charge in [0.05, 0.1) is 30.3 Å². The average Bonchev–Trinajstić information content (AvgIpc) is 3.14. The smallest absolute Gasteiger partial charge is 0.255 e. The van der Waals surface area contributed by atoms with Gasteiger partial charge in [-0.1, -0.05) is 48.0 Å². The lowest BCUT2D eigenvalue weighted by Gasteiger charge is -2.28. The van der Waals surface area contributed by atoms with E-state index in [-0.39, 0.29) is 29.6 Å². The number of fused-ring (bicyclic) bond motifs is 1. The minimum atomic E-state index is -0.395. The molecule has 1 aliphatic carbocycles. The van der Waals surface area contributed by atoms with Crippen LogP contribution >= 0.6 is 11.6 Å². The lowest BCUT2D eigenvalue weighted by molar-refractivity contribution is -0.122. The molecule has 1 saturated carbocycles. The molecule has 1 saturated heterocycles. The van der Waals surface area contributed by atoms with Crippen LogP contribution in [0.4, 0.5) is 11.4 Å². The van der Waals surface area contributed by atoms with Gasteiger partial charge in [0, 0.05) is 10.6 Å². The van der Waals surface area contributed by atoms with Crippen LogP contribution in [0.3, 0.4) is 0 Å². The molecule has 7 heteroatoms. The van der Waals surface area contributed by atoms with E-state index in [9.17, 15) is 14.4 Å². The Morgan fingerprint density at radius 2 is 1.71 bits per heavy atom. The van der Waals surface area contributed by atoms with Crippen LogP contribution in [0.25, 0.3) is 0 Å². The molecular formula is C28H25ClN2O4. The minimum Gasteiger partial charge on any atom is -0.495 e. The van der Waals surface area contributed by atoms with Crippen LogP contribution in [-0.2, 0) is 9.59 Å². The summed E-state index contributed by atoms with van der Waals surface area (Å²) in [6, 6.07) is 21.7. The fraction of sp³-hybridized carbons (Fsp3) is 0.250. The highest BCUT2D eigenvalue weighted by Crippen LogP contribution is 2.45. The molecule has 3 aromatic rings. The zero-order valence-electron chi connectivity index (χ0n) is 19.2. The number of ether oxygens (including phenoxy) is 1. The van der Waals surface area contributed by atoms with Crippen molar-refractivity contribution in [1.29, 1.82) is 0 Å². The minimum absolute atomic E-state index is 0.180. The number of halogens is 1. The molecule has 3 amide bonds. The topological polar surface area (TPSA) is 75.7 Å². The third-order valence-electron chi connectivity index (χ3n) is 6.97. The van der Waals surface area contributed by atoms with Crippen LogP contribution in [-0.4, -0.2) is 24.8 Å². The molecule has 35 heavy (non-hydrogen) atoms. The van der Waals surface area contributed by atoms with Gasteiger partial charge in [-0.25, -0.2) is 0 Å². The van der Waals surface area contributed by atoms with E-state index in [1.54, 1.807) is 42.5 Å². The maximum absolute atomic E-state index is 13.4.